The lowest BCUT2D eigenvalue weighted by Crippen LogP contribution is -2.32. The SMILES string of the molecule is COc1ccc2ncc(F)c(C[C@H](O)C3=CC=C(N(Cc4cc5c(cn4)OCCO5)C(=O)O)CO3)c2n1. The zero-order valence-corrected chi connectivity index (χ0v) is 19.8. The Bertz CT molecular complexity index is 1410. The van der Waals surface area contributed by atoms with Crippen LogP contribution >= 0.6 is 0 Å². The second-order valence-corrected chi connectivity index (χ2v) is 8.23. The lowest BCUT2D eigenvalue weighted by atomic mass is 10.0. The Kier molecular flexibility index (Phi) is 6.73. The first-order valence-electron chi connectivity index (χ1n) is 11.4. The molecular weight excluding hydrogens is 487 g/mol. The Morgan fingerprint density at radius 2 is 1.97 bits per heavy atom. The van der Waals surface area contributed by atoms with Gasteiger partial charge >= 0.3 is 6.09 Å². The summed E-state index contributed by atoms with van der Waals surface area (Å²) in [5.74, 6) is 0.842. The molecule has 1 amide bonds. The molecular formula is C25H23FN4O7. The molecule has 3 aromatic heterocycles. The van der Waals surface area contributed by atoms with E-state index in [1.165, 1.54) is 25.5 Å². The Hall–Kier alpha value is -4.45. The summed E-state index contributed by atoms with van der Waals surface area (Å²) in [6.07, 6.45) is 3.03. The Labute approximate surface area is 210 Å². The van der Waals surface area contributed by atoms with Crippen LogP contribution in [0.5, 0.6) is 17.4 Å². The van der Waals surface area contributed by atoms with Crippen LogP contribution in [0, 0.1) is 5.82 Å². The van der Waals surface area contributed by atoms with Crippen molar-refractivity contribution in [3.63, 3.8) is 0 Å². The third kappa shape index (κ3) is 5.09. The number of pyridine rings is 3. The molecule has 37 heavy (non-hydrogen) atoms. The van der Waals surface area contributed by atoms with Crippen LogP contribution in [0.4, 0.5) is 9.18 Å². The van der Waals surface area contributed by atoms with E-state index in [1.54, 1.807) is 18.2 Å². The largest absolute Gasteiger partial charge is 0.489 e. The van der Waals surface area contributed by atoms with Crippen molar-refractivity contribution < 1.29 is 38.3 Å². The van der Waals surface area contributed by atoms with E-state index in [0.29, 0.717) is 41.6 Å². The Morgan fingerprint density at radius 3 is 2.70 bits per heavy atom. The number of carboxylic acid groups (broad SMARTS) is 1. The third-order valence-corrected chi connectivity index (χ3v) is 5.89. The molecule has 0 fully saturated rings. The van der Waals surface area contributed by atoms with Gasteiger partial charge in [0.15, 0.2) is 11.5 Å². The van der Waals surface area contributed by atoms with Crippen LogP contribution in [-0.2, 0) is 17.7 Å². The van der Waals surface area contributed by atoms with Gasteiger partial charge in [0.25, 0.3) is 0 Å². The number of aromatic nitrogens is 3. The zero-order chi connectivity index (χ0) is 25.9. The van der Waals surface area contributed by atoms with Gasteiger partial charge < -0.3 is 29.2 Å². The summed E-state index contributed by atoms with van der Waals surface area (Å²) in [5.41, 5.74) is 1.69. The molecule has 0 bridgehead atoms. The molecule has 3 aromatic rings. The molecule has 0 aromatic carbocycles. The third-order valence-electron chi connectivity index (χ3n) is 5.89. The number of methoxy groups -OCH3 is 1. The highest BCUT2D eigenvalue weighted by molar-refractivity contribution is 5.78. The lowest BCUT2D eigenvalue weighted by molar-refractivity contribution is 0.0950. The monoisotopic (exact) mass is 510 g/mol. The molecule has 2 aliphatic rings. The second kappa shape index (κ2) is 10.3. The van der Waals surface area contributed by atoms with Crippen molar-refractivity contribution in [1.82, 2.24) is 19.9 Å². The summed E-state index contributed by atoms with van der Waals surface area (Å²) in [4.78, 5) is 25.6. The summed E-state index contributed by atoms with van der Waals surface area (Å²) < 4.78 is 36.4. The van der Waals surface area contributed by atoms with Gasteiger partial charge in [-0.1, -0.05) is 0 Å². The molecule has 0 aliphatic carbocycles. The predicted molar refractivity (Wildman–Crippen MR) is 127 cm³/mol. The normalized spacial score (nSPS) is 15.3. The second-order valence-electron chi connectivity index (χ2n) is 8.23. The molecule has 11 nitrogen and oxygen atoms in total. The van der Waals surface area contributed by atoms with Gasteiger partial charge in [0, 0.05) is 24.1 Å². The first-order chi connectivity index (χ1) is 17.9. The average Bonchev–Trinajstić information content (AvgIpc) is 2.92. The van der Waals surface area contributed by atoms with Crippen molar-refractivity contribution in [2.75, 3.05) is 26.9 Å². The fourth-order valence-electron chi connectivity index (χ4n) is 4.02. The summed E-state index contributed by atoms with van der Waals surface area (Å²) in [5, 5.41) is 20.6. The van der Waals surface area contributed by atoms with Crippen molar-refractivity contribution in [2.24, 2.45) is 0 Å². The number of rotatable bonds is 7. The fourth-order valence-corrected chi connectivity index (χ4v) is 4.02. The summed E-state index contributed by atoms with van der Waals surface area (Å²) in [6.45, 7) is 0.658. The summed E-state index contributed by atoms with van der Waals surface area (Å²) in [7, 11) is 1.45. The number of halogens is 1. The van der Waals surface area contributed by atoms with Crippen molar-refractivity contribution in [2.45, 2.75) is 19.1 Å². The van der Waals surface area contributed by atoms with Crippen LogP contribution in [0.25, 0.3) is 11.0 Å². The van der Waals surface area contributed by atoms with Crippen molar-refractivity contribution in [1.29, 1.82) is 0 Å². The number of hydrogen-bond donors (Lipinski definition) is 2. The average molecular weight is 510 g/mol. The number of nitrogens with zero attached hydrogens (tertiary/aromatic N) is 4. The molecule has 0 saturated heterocycles. The number of aliphatic hydroxyl groups is 1. The Balaban J connectivity index is 1.34. The first kappa shape index (κ1) is 24.3. The smallest absolute Gasteiger partial charge is 0.412 e. The topological polar surface area (TPSA) is 136 Å². The van der Waals surface area contributed by atoms with E-state index in [0.717, 1.165) is 11.1 Å². The van der Waals surface area contributed by atoms with E-state index >= 15 is 0 Å². The van der Waals surface area contributed by atoms with Crippen LogP contribution in [0.3, 0.4) is 0 Å². The molecule has 5 heterocycles. The number of aliphatic hydroxyl groups excluding tert-OH is 1. The molecule has 12 heteroatoms. The maximum absolute atomic E-state index is 14.6. The quantitative estimate of drug-likeness (QED) is 0.488. The fraction of sp³-hybridized carbons (Fsp3) is 0.280. The van der Waals surface area contributed by atoms with E-state index in [1.807, 2.05) is 0 Å². The number of ether oxygens (including phenoxy) is 4. The van der Waals surface area contributed by atoms with Crippen LogP contribution in [0.2, 0.25) is 0 Å². The predicted octanol–water partition coefficient (Wildman–Crippen LogP) is 2.83. The number of fused-ring (bicyclic) bond motifs is 2. The number of amides is 1. The molecule has 0 radical (unpaired) electrons. The van der Waals surface area contributed by atoms with Crippen molar-refractivity contribution >= 4 is 17.1 Å². The Morgan fingerprint density at radius 1 is 1.16 bits per heavy atom. The van der Waals surface area contributed by atoms with Gasteiger partial charge in [-0.25, -0.2) is 14.2 Å². The zero-order valence-electron chi connectivity index (χ0n) is 19.8. The van der Waals surface area contributed by atoms with Gasteiger partial charge in [0.1, 0.15) is 37.5 Å². The van der Waals surface area contributed by atoms with Crippen LogP contribution in [0.1, 0.15) is 11.3 Å². The van der Waals surface area contributed by atoms with Gasteiger partial charge in [0.05, 0.1) is 48.5 Å². The summed E-state index contributed by atoms with van der Waals surface area (Å²) >= 11 is 0. The molecule has 5 rings (SSSR count). The van der Waals surface area contributed by atoms with Crippen molar-refractivity contribution in [3.8, 4) is 17.4 Å². The molecule has 0 saturated carbocycles. The number of hydrogen-bond acceptors (Lipinski definition) is 9. The first-order valence-corrected chi connectivity index (χ1v) is 11.4. The maximum atomic E-state index is 14.6. The maximum Gasteiger partial charge on any atom is 0.412 e. The molecule has 1 atom stereocenters. The molecule has 0 unspecified atom stereocenters. The van der Waals surface area contributed by atoms with Gasteiger partial charge in [0.2, 0.25) is 5.88 Å². The van der Waals surface area contributed by atoms with E-state index in [-0.39, 0.29) is 42.3 Å². The highest BCUT2D eigenvalue weighted by Crippen LogP contribution is 2.30. The highest BCUT2D eigenvalue weighted by atomic mass is 19.1. The van der Waals surface area contributed by atoms with Gasteiger partial charge in [-0.15, -0.1) is 0 Å². The van der Waals surface area contributed by atoms with E-state index < -0.39 is 18.0 Å². The van der Waals surface area contributed by atoms with Gasteiger partial charge in [-0.2, -0.15) is 0 Å². The van der Waals surface area contributed by atoms with Crippen molar-refractivity contribution in [3.05, 3.63) is 71.3 Å². The molecule has 2 aliphatic heterocycles. The van der Waals surface area contributed by atoms with Crippen LogP contribution in [-0.4, -0.2) is 69.2 Å². The van der Waals surface area contributed by atoms with E-state index in [9.17, 15) is 19.4 Å². The minimum absolute atomic E-state index is 0.0470. The number of carbonyl (C=O) groups is 1. The van der Waals surface area contributed by atoms with E-state index in [4.69, 9.17) is 18.9 Å². The van der Waals surface area contributed by atoms with Gasteiger partial charge in [-0.05, 0) is 18.2 Å². The molecule has 0 spiro atoms. The van der Waals surface area contributed by atoms with Crippen LogP contribution < -0.4 is 14.2 Å². The standard InChI is InChI=1S/C25H23FN4O7/c1-34-23-5-3-18-24(29-23)16(17(26)10-28-18)9-19(31)20-4-2-15(13-37-20)30(25(32)33)12-14-8-21-22(11-27-14)36-7-6-35-21/h2-5,8,10-11,19,31H,6-7,9,12-13H2,1H3,(H,32,33)/t19-/m0/s1. The molecule has 192 valence electrons. The minimum Gasteiger partial charge on any atom is -0.489 e. The lowest BCUT2D eigenvalue weighted by Gasteiger charge is -2.27. The number of allylic oxidation sites excluding steroid dienone is 2. The minimum atomic E-state index is -1.20. The highest BCUT2D eigenvalue weighted by Gasteiger charge is 2.25. The van der Waals surface area contributed by atoms with Gasteiger partial charge in [-0.3, -0.25) is 14.9 Å². The molecule has 2 N–H and O–H groups in total. The summed E-state index contributed by atoms with van der Waals surface area (Å²) in [6, 6.07) is 4.90. The van der Waals surface area contributed by atoms with E-state index in [2.05, 4.69) is 15.0 Å². The van der Waals surface area contributed by atoms with Crippen LogP contribution in [0.15, 0.2) is 54.2 Å².